The standard InChI is InChI=1S/C12H18N2O3S/c1-7-9(12(16)17)4-5-11(13-7)14-8(2)10(6-15)18-3/h4-5,8,10,15H,6H2,1-3H3,(H,13,14)(H,16,17). The summed E-state index contributed by atoms with van der Waals surface area (Å²) < 4.78 is 0. The number of anilines is 1. The highest BCUT2D eigenvalue weighted by Crippen LogP contribution is 2.16. The number of nitrogens with zero attached hydrogens (tertiary/aromatic N) is 1. The highest BCUT2D eigenvalue weighted by atomic mass is 32.2. The lowest BCUT2D eigenvalue weighted by atomic mass is 10.2. The van der Waals surface area contributed by atoms with E-state index in [9.17, 15) is 9.90 Å². The van der Waals surface area contributed by atoms with E-state index in [1.54, 1.807) is 24.8 Å². The van der Waals surface area contributed by atoms with E-state index in [4.69, 9.17) is 5.11 Å². The molecule has 5 nitrogen and oxygen atoms in total. The zero-order chi connectivity index (χ0) is 13.7. The number of aliphatic hydroxyl groups is 1. The summed E-state index contributed by atoms with van der Waals surface area (Å²) in [6.45, 7) is 3.71. The molecule has 6 heteroatoms. The summed E-state index contributed by atoms with van der Waals surface area (Å²) in [6.07, 6.45) is 1.94. The quantitative estimate of drug-likeness (QED) is 0.728. The summed E-state index contributed by atoms with van der Waals surface area (Å²) >= 11 is 1.58. The summed E-state index contributed by atoms with van der Waals surface area (Å²) in [5.41, 5.74) is 0.682. The molecule has 18 heavy (non-hydrogen) atoms. The van der Waals surface area contributed by atoms with Crippen molar-refractivity contribution in [2.75, 3.05) is 18.2 Å². The van der Waals surface area contributed by atoms with Crippen molar-refractivity contribution in [1.29, 1.82) is 0 Å². The van der Waals surface area contributed by atoms with Crippen molar-refractivity contribution in [3.63, 3.8) is 0 Å². The van der Waals surface area contributed by atoms with Gasteiger partial charge >= 0.3 is 5.97 Å². The molecule has 0 bridgehead atoms. The third-order valence-electron chi connectivity index (χ3n) is 2.73. The molecule has 1 aromatic rings. The molecule has 0 aromatic carbocycles. The number of hydrogen-bond donors (Lipinski definition) is 3. The molecule has 0 amide bonds. The van der Waals surface area contributed by atoms with E-state index in [1.807, 2.05) is 13.2 Å². The van der Waals surface area contributed by atoms with Crippen LogP contribution < -0.4 is 5.32 Å². The number of aromatic nitrogens is 1. The minimum Gasteiger partial charge on any atom is -0.478 e. The lowest BCUT2D eigenvalue weighted by Crippen LogP contribution is -2.31. The lowest BCUT2D eigenvalue weighted by Gasteiger charge is -2.22. The predicted molar refractivity (Wildman–Crippen MR) is 73.4 cm³/mol. The molecule has 0 aliphatic rings. The van der Waals surface area contributed by atoms with Crippen molar-refractivity contribution in [3.8, 4) is 0 Å². The van der Waals surface area contributed by atoms with Gasteiger partial charge in [0.25, 0.3) is 0 Å². The Labute approximate surface area is 111 Å². The maximum absolute atomic E-state index is 10.9. The van der Waals surface area contributed by atoms with E-state index in [2.05, 4.69) is 10.3 Å². The first-order valence-corrected chi connectivity index (χ1v) is 6.89. The Balaban J connectivity index is 2.80. The molecular weight excluding hydrogens is 252 g/mol. The van der Waals surface area contributed by atoms with Crippen LogP contribution in [0.1, 0.15) is 23.0 Å². The van der Waals surface area contributed by atoms with E-state index in [1.165, 1.54) is 6.07 Å². The molecule has 1 heterocycles. The van der Waals surface area contributed by atoms with Gasteiger partial charge in [-0.15, -0.1) is 0 Å². The Morgan fingerprint density at radius 1 is 1.56 bits per heavy atom. The fourth-order valence-corrected chi connectivity index (χ4v) is 2.26. The topological polar surface area (TPSA) is 82.5 Å². The number of rotatable bonds is 6. The van der Waals surface area contributed by atoms with Gasteiger partial charge in [0.15, 0.2) is 0 Å². The number of pyridine rings is 1. The van der Waals surface area contributed by atoms with Crippen LogP contribution in [-0.2, 0) is 0 Å². The monoisotopic (exact) mass is 270 g/mol. The molecule has 0 saturated carbocycles. The normalized spacial score (nSPS) is 14.0. The zero-order valence-electron chi connectivity index (χ0n) is 10.7. The number of aryl methyl sites for hydroxylation is 1. The minimum atomic E-state index is -0.975. The summed E-state index contributed by atoms with van der Waals surface area (Å²) in [6, 6.07) is 3.22. The van der Waals surface area contributed by atoms with E-state index in [0.717, 1.165) is 0 Å². The number of carboxylic acids is 1. The number of aromatic carboxylic acids is 1. The van der Waals surface area contributed by atoms with Gasteiger partial charge < -0.3 is 15.5 Å². The largest absolute Gasteiger partial charge is 0.478 e. The van der Waals surface area contributed by atoms with Crippen LogP contribution in [0.4, 0.5) is 5.82 Å². The van der Waals surface area contributed by atoms with Gasteiger partial charge in [-0.3, -0.25) is 0 Å². The first-order chi connectivity index (χ1) is 8.49. The number of carboxylic acid groups (broad SMARTS) is 1. The van der Waals surface area contributed by atoms with Crippen LogP contribution in [0.15, 0.2) is 12.1 Å². The molecule has 0 spiro atoms. The van der Waals surface area contributed by atoms with Crippen molar-refractivity contribution in [2.45, 2.75) is 25.1 Å². The second-order valence-corrected chi connectivity index (χ2v) is 5.10. The van der Waals surface area contributed by atoms with Crippen LogP contribution in [0.3, 0.4) is 0 Å². The molecule has 0 aliphatic heterocycles. The van der Waals surface area contributed by atoms with Crippen molar-refractivity contribution < 1.29 is 15.0 Å². The van der Waals surface area contributed by atoms with Crippen molar-refractivity contribution in [1.82, 2.24) is 4.98 Å². The molecule has 100 valence electrons. The third kappa shape index (κ3) is 3.61. The van der Waals surface area contributed by atoms with Gasteiger partial charge in [0.05, 0.1) is 17.9 Å². The molecule has 2 atom stereocenters. The van der Waals surface area contributed by atoms with Gasteiger partial charge in [0, 0.05) is 11.3 Å². The summed E-state index contributed by atoms with van der Waals surface area (Å²) in [5, 5.41) is 21.3. The fraction of sp³-hybridized carbons (Fsp3) is 0.500. The number of hydrogen-bond acceptors (Lipinski definition) is 5. The van der Waals surface area contributed by atoms with E-state index >= 15 is 0 Å². The smallest absolute Gasteiger partial charge is 0.337 e. The number of aliphatic hydroxyl groups excluding tert-OH is 1. The highest BCUT2D eigenvalue weighted by Gasteiger charge is 2.16. The Kier molecular flexibility index (Phi) is 5.43. The highest BCUT2D eigenvalue weighted by molar-refractivity contribution is 7.99. The first-order valence-electron chi connectivity index (χ1n) is 5.60. The van der Waals surface area contributed by atoms with Gasteiger partial charge in [-0.05, 0) is 32.2 Å². The molecule has 3 N–H and O–H groups in total. The minimum absolute atomic E-state index is 0.0487. The number of nitrogens with one attached hydrogen (secondary N) is 1. The van der Waals surface area contributed by atoms with E-state index in [-0.39, 0.29) is 23.5 Å². The van der Waals surface area contributed by atoms with Crippen molar-refractivity contribution in [3.05, 3.63) is 23.4 Å². The maximum Gasteiger partial charge on any atom is 0.337 e. The van der Waals surface area contributed by atoms with Gasteiger partial charge in [0.1, 0.15) is 5.82 Å². The first kappa shape index (κ1) is 14.8. The second kappa shape index (κ2) is 6.61. The zero-order valence-corrected chi connectivity index (χ0v) is 11.5. The van der Waals surface area contributed by atoms with Crippen molar-refractivity contribution in [2.24, 2.45) is 0 Å². The van der Waals surface area contributed by atoms with Gasteiger partial charge in [-0.2, -0.15) is 11.8 Å². The molecule has 0 radical (unpaired) electrons. The molecular formula is C12H18N2O3S. The van der Waals surface area contributed by atoms with Crippen LogP contribution in [0.25, 0.3) is 0 Å². The van der Waals surface area contributed by atoms with Gasteiger partial charge in [-0.1, -0.05) is 0 Å². The predicted octanol–water partition coefficient (Wildman–Crippen LogP) is 1.61. The fourth-order valence-electron chi connectivity index (χ4n) is 1.63. The van der Waals surface area contributed by atoms with Crippen LogP contribution in [0.5, 0.6) is 0 Å². The third-order valence-corrected chi connectivity index (χ3v) is 3.89. The van der Waals surface area contributed by atoms with Crippen LogP contribution in [0.2, 0.25) is 0 Å². The SMILES string of the molecule is CSC(CO)C(C)Nc1ccc(C(=O)O)c(C)n1. The van der Waals surface area contributed by atoms with Crippen LogP contribution >= 0.6 is 11.8 Å². The molecule has 1 aromatic heterocycles. The van der Waals surface area contributed by atoms with Gasteiger partial charge in [0.2, 0.25) is 0 Å². The van der Waals surface area contributed by atoms with Crippen LogP contribution in [0, 0.1) is 6.92 Å². The molecule has 0 fully saturated rings. The Morgan fingerprint density at radius 2 is 2.22 bits per heavy atom. The Morgan fingerprint density at radius 3 is 2.67 bits per heavy atom. The molecule has 0 aliphatic carbocycles. The van der Waals surface area contributed by atoms with Crippen LogP contribution in [-0.4, -0.2) is 45.3 Å². The Hall–Kier alpha value is -1.27. The number of carbonyl (C=O) groups is 1. The summed E-state index contributed by atoms with van der Waals surface area (Å²) in [5.74, 6) is -0.352. The molecule has 2 unspecified atom stereocenters. The second-order valence-electron chi connectivity index (χ2n) is 4.02. The van der Waals surface area contributed by atoms with Crippen molar-refractivity contribution >= 4 is 23.5 Å². The average molecular weight is 270 g/mol. The Bertz CT molecular complexity index is 422. The van der Waals surface area contributed by atoms with Gasteiger partial charge in [-0.25, -0.2) is 9.78 Å². The summed E-state index contributed by atoms with van der Waals surface area (Å²) in [7, 11) is 0. The summed E-state index contributed by atoms with van der Waals surface area (Å²) in [4.78, 5) is 15.1. The molecule has 0 saturated heterocycles. The maximum atomic E-state index is 10.9. The lowest BCUT2D eigenvalue weighted by molar-refractivity contribution is 0.0695. The van der Waals surface area contributed by atoms with E-state index < -0.39 is 5.97 Å². The van der Waals surface area contributed by atoms with E-state index in [0.29, 0.717) is 11.5 Å². The number of thioether (sulfide) groups is 1. The average Bonchev–Trinajstić information content (AvgIpc) is 2.30. The molecule has 1 rings (SSSR count).